The number of cyclic esters (lactones) is 1. The van der Waals surface area contributed by atoms with Gasteiger partial charge < -0.3 is 9.47 Å². The molecule has 2 aliphatic heterocycles. The van der Waals surface area contributed by atoms with Gasteiger partial charge in [-0.3, -0.25) is 14.8 Å². The van der Waals surface area contributed by atoms with E-state index >= 15 is 0 Å². The summed E-state index contributed by atoms with van der Waals surface area (Å²) in [5.74, 6) is -0.474. The molecule has 2 aliphatic rings. The molecule has 1 amide bonds. The lowest BCUT2D eigenvalue weighted by Crippen LogP contribution is -2.42. The zero-order valence-corrected chi connectivity index (χ0v) is 16.9. The van der Waals surface area contributed by atoms with Crippen molar-refractivity contribution in [1.82, 2.24) is 19.7 Å². The van der Waals surface area contributed by atoms with Crippen molar-refractivity contribution in [2.75, 3.05) is 44.3 Å². The second-order valence-electron chi connectivity index (χ2n) is 7.55. The number of ether oxygens (including phenoxy) is 2. The Balaban J connectivity index is 1.30. The van der Waals surface area contributed by atoms with Gasteiger partial charge in [0.05, 0.1) is 37.3 Å². The molecule has 0 unspecified atom stereocenters. The summed E-state index contributed by atoms with van der Waals surface area (Å²) in [6.07, 6.45) is 4.36. The van der Waals surface area contributed by atoms with Gasteiger partial charge in [-0.2, -0.15) is 5.10 Å². The van der Waals surface area contributed by atoms with Crippen LogP contribution in [0.3, 0.4) is 0 Å². The number of halogens is 1. The molecule has 8 nitrogen and oxygen atoms in total. The minimum atomic E-state index is -0.474. The third-order valence-electron chi connectivity index (χ3n) is 5.47. The van der Waals surface area contributed by atoms with Crippen molar-refractivity contribution in [1.29, 1.82) is 0 Å². The van der Waals surface area contributed by atoms with Crippen molar-refractivity contribution in [3.05, 3.63) is 60.8 Å². The fourth-order valence-electron chi connectivity index (χ4n) is 3.87. The Hall–Kier alpha value is -3.30. The van der Waals surface area contributed by atoms with Gasteiger partial charge in [-0.1, -0.05) is 6.07 Å². The van der Waals surface area contributed by atoms with E-state index in [1.807, 2.05) is 18.2 Å². The zero-order valence-electron chi connectivity index (χ0n) is 16.9. The Morgan fingerprint density at radius 2 is 2.03 bits per heavy atom. The second kappa shape index (κ2) is 8.44. The van der Waals surface area contributed by atoms with Gasteiger partial charge in [0.15, 0.2) is 5.82 Å². The molecule has 0 saturated carbocycles. The van der Waals surface area contributed by atoms with Gasteiger partial charge >= 0.3 is 6.09 Å². The molecule has 3 aromatic rings. The highest BCUT2D eigenvalue weighted by molar-refractivity contribution is 5.89. The van der Waals surface area contributed by atoms with Crippen LogP contribution in [0.2, 0.25) is 0 Å². The number of nitrogens with zero attached hydrogens (tertiary/aromatic N) is 5. The largest absolute Gasteiger partial charge is 0.443 e. The van der Waals surface area contributed by atoms with Gasteiger partial charge in [0.2, 0.25) is 0 Å². The highest BCUT2D eigenvalue weighted by atomic mass is 19.1. The van der Waals surface area contributed by atoms with Crippen LogP contribution in [0.1, 0.15) is 0 Å². The van der Waals surface area contributed by atoms with E-state index in [4.69, 9.17) is 9.47 Å². The second-order valence-corrected chi connectivity index (χ2v) is 7.55. The number of carbonyl (C=O) groups is 1. The summed E-state index contributed by atoms with van der Waals surface area (Å²) in [6, 6.07) is 10.3. The highest BCUT2D eigenvalue weighted by Gasteiger charge is 2.34. The van der Waals surface area contributed by atoms with Crippen LogP contribution in [0.5, 0.6) is 0 Å². The normalized spacial score (nSPS) is 19.6. The van der Waals surface area contributed by atoms with E-state index in [-0.39, 0.29) is 6.10 Å². The third kappa shape index (κ3) is 4.14. The number of hydrogen-bond donors (Lipinski definition) is 0. The summed E-state index contributed by atoms with van der Waals surface area (Å²) < 4.78 is 27.2. The monoisotopic (exact) mass is 423 g/mol. The van der Waals surface area contributed by atoms with Crippen molar-refractivity contribution < 1.29 is 18.7 Å². The van der Waals surface area contributed by atoms with Gasteiger partial charge in [0, 0.05) is 37.6 Å². The maximum Gasteiger partial charge on any atom is 0.414 e. The number of aromatic nitrogens is 3. The average Bonchev–Trinajstić information content (AvgIpc) is 3.42. The molecule has 4 heterocycles. The Bertz CT molecular complexity index is 1070. The summed E-state index contributed by atoms with van der Waals surface area (Å²) in [4.78, 5) is 20.3. The minimum absolute atomic E-state index is 0.250. The molecule has 1 atom stereocenters. The first-order valence-corrected chi connectivity index (χ1v) is 10.2. The quantitative estimate of drug-likeness (QED) is 0.628. The number of hydrogen-bond acceptors (Lipinski definition) is 6. The average molecular weight is 423 g/mol. The molecule has 160 valence electrons. The third-order valence-corrected chi connectivity index (χ3v) is 5.47. The Morgan fingerprint density at radius 3 is 2.81 bits per heavy atom. The van der Waals surface area contributed by atoms with E-state index in [1.165, 1.54) is 15.6 Å². The van der Waals surface area contributed by atoms with Crippen LogP contribution < -0.4 is 4.90 Å². The number of carbonyl (C=O) groups excluding carboxylic acids is 1. The first kappa shape index (κ1) is 19.7. The van der Waals surface area contributed by atoms with E-state index in [0.29, 0.717) is 37.7 Å². The van der Waals surface area contributed by atoms with Gasteiger partial charge in [0.25, 0.3) is 0 Å². The maximum atomic E-state index is 14.9. The van der Waals surface area contributed by atoms with Crippen LogP contribution >= 0.6 is 0 Å². The molecular formula is C22H22FN5O3. The molecule has 2 aromatic heterocycles. The number of benzene rings is 1. The van der Waals surface area contributed by atoms with Crippen LogP contribution in [-0.4, -0.2) is 71.3 Å². The topological polar surface area (TPSA) is 72.7 Å². The molecule has 0 N–H and O–H groups in total. The van der Waals surface area contributed by atoms with Crippen LogP contribution in [-0.2, 0) is 9.47 Å². The van der Waals surface area contributed by atoms with Crippen LogP contribution in [0.15, 0.2) is 55.0 Å². The number of rotatable bonds is 5. The Labute approximate surface area is 178 Å². The Kier molecular flexibility index (Phi) is 5.35. The summed E-state index contributed by atoms with van der Waals surface area (Å²) in [7, 11) is 0. The number of pyridine rings is 1. The van der Waals surface area contributed by atoms with Crippen molar-refractivity contribution in [2.24, 2.45) is 0 Å². The molecular weight excluding hydrogens is 401 g/mol. The first-order valence-electron chi connectivity index (χ1n) is 10.2. The van der Waals surface area contributed by atoms with Crippen molar-refractivity contribution >= 4 is 11.8 Å². The van der Waals surface area contributed by atoms with E-state index < -0.39 is 11.9 Å². The summed E-state index contributed by atoms with van der Waals surface area (Å²) in [5.41, 5.74) is 2.31. The standard InChI is InChI=1S/C22H22FN5O3/c23-19-11-17(27-15-18(31-22(27)29)14-26-7-9-30-10-8-26)4-5-21(19)28-13-16(12-25-28)20-3-1-2-6-24-20/h1-6,11-13,18H,7-10,14-15H2/t18-/m0/s1. The highest BCUT2D eigenvalue weighted by Crippen LogP contribution is 2.26. The summed E-state index contributed by atoms with van der Waals surface area (Å²) >= 11 is 0. The molecule has 0 bridgehead atoms. The van der Waals surface area contributed by atoms with Crippen molar-refractivity contribution in [2.45, 2.75) is 6.10 Å². The van der Waals surface area contributed by atoms with Crippen molar-refractivity contribution in [3.63, 3.8) is 0 Å². The smallest absolute Gasteiger partial charge is 0.414 e. The predicted molar refractivity (Wildman–Crippen MR) is 112 cm³/mol. The lowest BCUT2D eigenvalue weighted by atomic mass is 10.2. The summed E-state index contributed by atoms with van der Waals surface area (Å²) in [5, 5.41) is 4.26. The van der Waals surface area contributed by atoms with Crippen LogP contribution in [0.25, 0.3) is 16.9 Å². The molecule has 0 spiro atoms. The first-order chi connectivity index (χ1) is 15.2. The molecule has 31 heavy (non-hydrogen) atoms. The Morgan fingerprint density at radius 1 is 1.16 bits per heavy atom. The van der Waals surface area contributed by atoms with E-state index in [0.717, 1.165) is 24.3 Å². The molecule has 2 fully saturated rings. The van der Waals surface area contributed by atoms with Crippen LogP contribution in [0.4, 0.5) is 14.9 Å². The van der Waals surface area contributed by atoms with Gasteiger partial charge in [-0.05, 0) is 30.3 Å². The summed E-state index contributed by atoms with van der Waals surface area (Å²) in [6.45, 7) is 4.05. The lowest BCUT2D eigenvalue weighted by molar-refractivity contribution is 0.0188. The van der Waals surface area contributed by atoms with E-state index in [9.17, 15) is 9.18 Å². The minimum Gasteiger partial charge on any atom is -0.443 e. The fourth-order valence-corrected chi connectivity index (χ4v) is 3.87. The molecule has 0 aliphatic carbocycles. The molecule has 0 radical (unpaired) electrons. The van der Waals surface area contributed by atoms with Gasteiger partial charge in [-0.25, -0.2) is 13.9 Å². The molecule has 9 heteroatoms. The van der Waals surface area contributed by atoms with Crippen LogP contribution in [0, 0.1) is 5.82 Å². The molecule has 2 saturated heterocycles. The van der Waals surface area contributed by atoms with Gasteiger partial charge in [0.1, 0.15) is 11.8 Å². The maximum absolute atomic E-state index is 14.9. The van der Waals surface area contributed by atoms with E-state index in [2.05, 4.69) is 15.0 Å². The fraction of sp³-hybridized carbons (Fsp3) is 0.318. The number of amides is 1. The molecule has 1 aromatic carbocycles. The predicted octanol–water partition coefficient (Wildman–Crippen LogP) is 2.73. The van der Waals surface area contributed by atoms with Gasteiger partial charge in [-0.15, -0.1) is 0 Å². The van der Waals surface area contributed by atoms with E-state index in [1.54, 1.807) is 30.7 Å². The number of anilines is 1. The lowest BCUT2D eigenvalue weighted by Gasteiger charge is -2.28. The van der Waals surface area contributed by atoms with Crippen molar-refractivity contribution in [3.8, 4) is 16.9 Å². The molecule has 5 rings (SSSR count). The SMILES string of the molecule is O=C1O[C@@H](CN2CCOCC2)CN1c1ccc(-n2cc(-c3ccccn3)cn2)c(F)c1. The zero-order chi connectivity index (χ0) is 21.2. The number of morpholine rings is 1.